The largest absolute Gasteiger partial charge is 0.543 e. The first-order valence-electron chi connectivity index (χ1n) is 23.9. The van der Waals surface area contributed by atoms with Crippen LogP contribution in [0.2, 0.25) is 36.3 Å². The van der Waals surface area contributed by atoms with E-state index in [1.54, 1.807) is 12.1 Å². The predicted molar refractivity (Wildman–Crippen MR) is 274 cm³/mol. The van der Waals surface area contributed by atoms with Crippen molar-refractivity contribution in [2.24, 2.45) is 5.41 Å². The summed E-state index contributed by atoms with van der Waals surface area (Å²) in [5, 5.41) is 24.8. The van der Waals surface area contributed by atoms with Crippen LogP contribution in [0.1, 0.15) is 119 Å². The van der Waals surface area contributed by atoms with Crippen molar-refractivity contribution in [1.29, 1.82) is 0 Å². The number of ether oxygens (including phenoxy) is 1. The zero-order chi connectivity index (χ0) is 47.3. The van der Waals surface area contributed by atoms with E-state index in [1.807, 2.05) is 27.6 Å². The predicted octanol–water partition coefficient (Wildman–Crippen LogP) is 12.3. The first-order chi connectivity index (χ1) is 31.1. The normalized spacial score (nSPS) is 17.9. The molecule has 1 N–H and O–H groups in total. The number of aryl methyl sites for hydroxylation is 2. The second kappa shape index (κ2) is 19.0. The Morgan fingerprint density at radius 2 is 1.56 bits per heavy atom. The fourth-order valence-corrected chi connectivity index (χ4v) is 14.4. The van der Waals surface area contributed by atoms with Gasteiger partial charge in [0.25, 0.3) is 0 Å². The molecule has 1 saturated carbocycles. The molecule has 0 radical (unpaired) electrons. The minimum atomic E-state index is -2.16. The minimum absolute atomic E-state index is 0.0436. The molecule has 0 unspecified atom stereocenters. The van der Waals surface area contributed by atoms with Crippen molar-refractivity contribution in [2.45, 2.75) is 165 Å². The van der Waals surface area contributed by atoms with Gasteiger partial charge >= 0.3 is 5.97 Å². The Balaban J connectivity index is 0.834. The van der Waals surface area contributed by atoms with E-state index < -0.39 is 28.2 Å². The maximum Gasteiger partial charge on any atom is 0.349 e. The molecular weight excluding hydrogens is 917 g/mol. The van der Waals surface area contributed by atoms with Crippen LogP contribution in [0.5, 0.6) is 5.75 Å². The molecule has 66 heavy (non-hydrogen) atoms. The molecular formula is C51H70N4O6S3Si2. The fourth-order valence-electron chi connectivity index (χ4n) is 9.25. The summed E-state index contributed by atoms with van der Waals surface area (Å²) in [6, 6.07) is 18.2. The SMILES string of the molecule is CC(C)(C)[Si](C)(C)Oc1ccc([C@H](CCCc2ccc3c(c2)nnn3CCCN2CCC3(CC2)CC(OC(=O)C(O)(c2cccs2)c2cccs2)C3)O[Si](C)(C)C(C)(C)C)c2c1CC(=O)S2. The third-order valence-electron chi connectivity index (χ3n) is 15.5. The van der Waals surface area contributed by atoms with Crippen molar-refractivity contribution in [3.05, 3.63) is 91.8 Å². The van der Waals surface area contributed by atoms with Crippen LogP contribution in [0.4, 0.5) is 0 Å². The van der Waals surface area contributed by atoms with Crippen molar-refractivity contribution in [3.63, 3.8) is 0 Å². The summed E-state index contributed by atoms with van der Waals surface area (Å²) in [4.78, 5) is 31.3. The van der Waals surface area contributed by atoms with E-state index in [4.69, 9.17) is 13.6 Å². The highest BCUT2D eigenvalue weighted by molar-refractivity contribution is 8.14. The molecule has 5 aromatic rings. The molecule has 0 bridgehead atoms. The highest BCUT2D eigenvalue weighted by Gasteiger charge is 2.51. The Morgan fingerprint density at radius 1 is 0.894 bits per heavy atom. The monoisotopic (exact) mass is 986 g/mol. The van der Waals surface area contributed by atoms with Crippen LogP contribution in [0.15, 0.2) is 70.3 Å². The van der Waals surface area contributed by atoms with Crippen molar-refractivity contribution in [2.75, 3.05) is 19.6 Å². The third kappa shape index (κ3) is 10.2. The molecule has 15 heteroatoms. The molecule has 356 valence electrons. The van der Waals surface area contributed by atoms with Gasteiger partial charge in [0, 0.05) is 23.4 Å². The van der Waals surface area contributed by atoms with Gasteiger partial charge in [0.2, 0.25) is 13.9 Å². The third-order valence-corrected chi connectivity index (χ3v) is 27.3. The quantitative estimate of drug-likeness (QED) is 0.0713. The molecule has 1 aliphatic carbocycles. The average molecular weight is 988 g/mol. The summed E-state index contributed by atoms with van der Waals surface area (Å²) >= 11 is 4.12. The zero-order valence-corrected chi connectivity index (χ0v) is 45.1. The van der Waals surface area contributed by atoms with E-state index >= 15 is 0 Å². The molecule has 2 aromatic carbocycles. The van der Waals surface area contributed by atoms with Crippen LogP contribution in [0, 0.1) is 5.41 Å². The molecule has 2 aliphatic heterocycles. The Morgan fingerprint density at radius 3 is 2.18 bits per heavy atom. The van der Waals surface area contributed by atoms with Crippen LogP contribution in [-0.2, 0) is 43.7 Å². The van der Waals surface area contributed by atoms with Crippen LogP contribution in [-0.4, -0.2) is 78.5 Å². The summed E-state index contributed by atoms with van der Waals surface area (Å²) in [5.74, 6) is 0.304. The lowest BCUT2D eigenvalue weighted by Gasteiger charge is -2.51. The van der Waals surface area contributed by atoms with Crippen molar-refractivity contribution < 1.29 is 28.3 Å². The lowest BCUT2D eigenvalue weighted by Crippen LogP contribution is -2.52. The lowest BCUT2D eigenvalue weighted by molar-refractivity contribution is -0.181. The number of aliphatic hydroxyl groups is 1. The standard InChI is InChI=1S/C51H70N4O6S3Si2/c1-48(2,3)65(7,8)60-41(37-20-22-42(38-32-45(56)64-46(37)38)61-66(9,10)49(4,5)6)16-11-15-35-19-21-40-39(31-35)52-53-55(40)26-14-25-54-27-23-50(24-28-54)33-36(34-50)59-47(57)51(58,43-17-12-29-62-43)44-18-13-30-63-44/h12-13,17-22,29-31,36,41,58H,11,14-16,23-28,32-34H2,1-10H3/t41-/m0/s1. The van der Waals surface area contributed by atoms with Gasteiger partial charge < -0.3 is 23.6 Å². The number of thioether (sulfide) groups is 1. The molecule has 10 nitrogen and oxygen atoms in total. The fraction of sp³-hybridized carbons (Fsp3) is 0.569. The van der Waals surface area contributed by atoms with Crippen molar-refractivity contribution in [3.8, 4) is 5.75 Å². The molecule has 8 rings (SSSR count). The average Bonchev–Trinajstić information content (AvgIpc) is 4.08. The van der Waals surface area contributed by atoms with Crippen LogP contribution in [0.3, 0.4) is 0 Å². The molecule has 0 amide bonds. The lowest BCUT2D eigenvalue weighted by atomic mass is 9.61. The number of nitrogens with zero attached hydrogens (tertiary/aromatic N) is 4. The van der Waals surface area contributed by atoms with E-state index in [1.165, 1.54) is 40.0 Å². The smallest absolute Gasteiger partial charge is 0.349 e. The van der Waals surface area contributed by atoms with Crippen molar-refractivity contribution >= 4 is 73.2 Å². The van der Waals surface area contributed by atoms with Gasteiger partial charge in [-0.15, -0.1) is 27.8 Å². The maximum absolute atomic E-state index is 13.5. The number of fused-ring (bicyclic) bond motifs is 2. The maximum atomic E-state index is 13.5. The second-order valence-electron chi connectivity index (χ2n) is 22.2. The number of likely N-dealkylation sites (tertiary alicyclic amines) is 1. The number of piperidine rings is 1. The number of carbonyl (C=O) groups excluding carboxylic acids is 2. The molecule has 1 spiro atoms. The topological polar surface area (TPSA) is 116 Å². The molecule has 3 aromatic heterocycles. The number of aromatic nitrogens is 3. The minimum Gasteiger partial charge on any atom is -0.543 e. The summed E-state index contributed by atoms with van der Waals surface area (Å²) in [5.41, 5.74) is 3.86. The zero-order valence-electron chi connectivity index (χ0n) is 40.7. The van der Waals surface area contributed by atoms with Gasteiger partial charge in [0.1, 0.15) is 17.4 Å². The summed E-state index contributed by atoms with van der Waals surface area (Å²) in [6.45, 7) is 26.7. The van der Waals surface area contributed by atoms with Gasteiger partial charge in [-0.25, -0.2) is 9.48 Å². The number of hydrogen-bond acceptors (Lipinski definition) is 12. The molecule has 1 atom stereocenters. The molecule has 2 fully saturated rings. The van der Waals surface area contributed by atoms with E-state index in [9.17, 15) is 14.7 Å². The molecule has 1 saturated heterocycles. The first-order valence-corrected chi connectivity index (χ1v) is 32.3. The second-order valence-corrected chi connectivity index (χ2v) is 34.6. The number of carbonyl (C=O) groups is 2. The summed E-state index contributed by atoms with van der Waals surface area (Å²) < 4.78 is 22.1. The van der Waals surface area contributed by atoms with Gasteiger partial charge in [-0.3, -0.25) is 4.79 Å². The first kappa shape index (κ1) is 49.3. The van der Waals surface area contributed by atoms with E-state index in [0.29, 0.717) is 16.2 Å². The Hall–Kier alpha value is -3.16. The van der Waals surface area contributed by atoms with Gasteiger partial charge in [0.15, 0.2) is 13.4 Å². The van der Waals surface area contributed by atoms with Crippen molar-refractivity contribution in [1.82, 2.24) is 19.9 Å². The highest BCUT2D eigenvalue weighted by Crippen LogP contribution is 2.52. The highest BCUT2D eigenvalue weighted by atomic mass is 32.2. The molecule has 3 aliphatic rings. The van der Waals surface area contributed by atoms with Gasteiger partial charge in [-0.05, 0) is 165 Å². The van der Waals surface area contributed by atoms with Gasteiger partial charge in [-0.1, -0.05) is 82.8 Å². The Bertz CT molecular complexity index is 2460. The van der Waals surface area contributed by atoms with Crippen LogP contribution in [0.25, 0.3) is 11.0 Å². The van der Waals surface area contributed by atoms with E-state index in [2.05, 4.69) is 113 Å². The summed E-state index contributed by atoms with van der Waals surface area (Å²) in [6.07, 6.45) is 7.71. The van der Waals surface area contributed by atoms with Gasteiger partial charge in [0.05, 0.1) is 21.4 Å². The van der Waals surface area contributed by atoms with Crippen LogP contribution >= 0.6 is 34.4 Å². The van der Waals surface area contributed by atoms with E-state index in [0.717, 1.165) is 110 Å². The number of rotatable bonds is 17. The number of esters is 1. The number of hydrogen-bond donors (Lipinski definition) is 1. The summed E-state index contributed by atoms with van der Waals surface area (Å²) in [7, 11) is -4.27. The van der Waals surface area contributed by atoms with Gasteiger partial charge in [-0.2, -0.15) is 0 Å². The Labute approximate surface area is 406 Å². The number of benzene rings is 2. The number of thiophene rings is 2. The Kier molecular flexibility index (Phi) is 14.2. The molecule has 5 heterocycles. The van der Waals surface area contributed by atoms with Crippen LogP contribution < -0.4 is 4.43 Å². The van der Waals surface area contributed by atoms with E-state index in [-0.39, 0.29) is 32.8 Å².